The van der Waals surface area contributed by atoms with Gasteiger partial charge in [-0.3, -0.25) is 0 Å². The van der Waals surface area contributed by atoms with Crippen LogP contribution in [0.15, 0.2) is 36.4 Å². The fourth-order valence-electron chi connectivity index (χ4n) is 1.74. The van der Waals surface area contributed by atoms with Crippen molar-refractivity contribution < 1.29 is 10.2 Å². The third kappa shape index (κ3) is 1.87. The Labute approximate surface area is 94.8 Å². The van der Waals surface area contributed by atoms with Crippen molar-refractivity contribution in [3.63, 3.8) is 0 Å². The summed E-state index contributed by atoms with van der Waals surface area (Å²) < 4.78 is 0. The molecule has 82 valence electrons. The molecule has 2 nitrogen and oxygen atoms in total. The molecule has 2 rings (SSSR count). The monoisotopic (exact) mass is 214 g/mol. The maximum atomic E-state index is 9.47. The predicted molar refractivity (Wildman–Crippen MR) is 64.7 cm³/mol. The van der Waals surface area contributed by atoms with Crippen LogP contribution in [0.25, 0.3) is 11.1 Å². The lowest BCUT2D eigenvalue weighted by molar-refractivity contribution is 0.471. The molecule has 0 fully saturated rings. The van der Waals surface area contributed by atoms with Crippen LogP contribution in [0.2, 0.25) is 0 Å². The van der Waals surface area contributed by atoms with Crippen molar-refractivity contribution in [1.29, 1.82) is 0 Å². The number of aryl methyl sites for hydroxylation is 2. The number of hydrogen-bond donors (Lipinski definition) is 2. The van der Waals surface area contributed by atoms with Crippen LogP contribution in [0.5, 0.6) is 11.5 Å². The van der Waals surface area contributed by atoms with E-state index in [1.54, 1.807) is 18.2 Å². The van der Waals surface area contributed by atoms with Crippen molar-refractivity contribution in [2.45, 2.75) is 13.8 Å². The van der Waals surface area contributed by atoms with Crippen LogP contribution in [0, 0.1) is 13.8 Å². The summed E-state index contributed by atoms with van der Waals surface area (Å²) in [5.74, 6) is 0.549. The minimum atomic E-state index is 0.256. The molecule has 0 aromatic heterocycles. The molecule has 0 aliphatic rings. The second-order valence-corrected chi connectivity index (χ2v) is 4.00. The predicted octanol–water partition coefficient (Wildman–Crippen LogP) is 3.38. The molecule has 0 radical (unpaired) electrons. The zero-order chi connectivity index (χ0) is 11.7. The van der Waals surface area contributed by atoms with Gasteiger partial charge in [-0.25, -0.2) is 0 Å². The van der Waals surface area contributed by atoms with Crippen LogP contribution >= 0.6 is 0 Å². The van der Waals surface area contributed by atoms with E-state index in [0.29, 0.717) is 5.75 Å². The summed E-state index contributed by atoms with van der Waals surface area (Å²) in [6, 6.07) is 10.7. The van der Waals surface area contributed by atoms with Crippen molar-refractivity contribution in [3.05, 3.63) is 47.5 Å². The fourth-order valence-corrected chi connectivity index (χ4v) is 1.74. The smallest absolute Gasteiger partial charge is 0.118 e. The highest BCUT2D eigenvalue weighted by atomic mass is 16.3. The van der Waals surface area contributed by atoms with Gasteiger partial charge in [0.2, 0.25) is 0 Å². The maximum Gasteiger partial charge on any atom is 0.118 e. The van der Waals surface area contributed by atoms with Gasteiger partial charge in [-0.15, -0.1) is 0 Å². The SMILES string of the molecule is Cc1cc(-c2cc(O)ccc2C)ccc1O. The summed E-state index contributed by atoms with van der Waals surface area (Å²) in [7, 11) is 0. The van der Waals surface area contributed by atoms with E-state index in [2.05, 4.69) is 0 Å². The summed E-state index contributed by atoms with van der Waals surface area (Å²) in [5, 5.41) is 18.9. The van der Waals surface area contributed by atoms with E-state index < -0.39 is 0 Å². The van der Waals surface area contributed by atoms with Gasteiger partial charge in [-0.05, 0) is 60.4 Å². The third-order valence-corrected chi connectivity index (χ3v) is 2.73. The van der Waals surface area contributed by atoms with Gasteiger partial charge in [-0.1, -0.05) is 12.1 Å². The maximum absolute atomic E-state index is 9.47. The molecule has 0 aliphatic heterocycles. The van der Waals surface area contributed by atoms with Gasteiger partial charge in [0.25, 0.3) is 0 Å². The van der Waals surface area contributed by atoms with E-state index in [0.717, 1.165) is 22.3 Å². The van der Waals surface area contributed by atoms with Crippen molar-refractivity contribution >= 4 is 0 Å². The Morgan fingerprint density at radius 2 is 1.56 bits per heavy atom. The lowest BCUT2D eigenvalue weighted by atomic mass is 9.98. The average Bonchev–Trinajstić information content (AvgIpc) is 2.26. The molecule has 16 heavy (non-hydrogen) atoms. The van der Waals surface area contributed by atoms with E-state index in [1.165, 1.54) is 0 Å². The Morgan fingerprint density at radius 1 is 0.812 bits per heavy atom. The number of aromatic hydroxyl groups is 2. The normalized spacial score (nSPS) is 10.4. The van der Waals surface area contributed by atoms with Crippen LogP contribution in [0.4, 0.5) is 0 Å². The summed E-state index contributed by atoms with van der Waals surface area (Å²) in [6.45, 7) is 3.86. The van der Waals surface area contributed by atoms with Gasteiger partial charge in [0.1, 0.15) is 11.5 Å². The molecule has 0 heterocycles. The summed E-state index contributed by atoms with van der Waals surface area (Å²) in [5.41, 5.74) is 3.93. The van der Waals surface area contributed by atoms with Crippen molar-refractivity contribution in [3.8, 4) is 22.6 Å². The topological polar surface area (TPSA) is 40.5 Å². The largest absolute Gasteiger partial charge is 0.508 e. The highest BCUT2D eigenvalue weighted by Crippen LogP contribution is 2.30. The molecule has 2 aromatic rings. The molecular weight excluding hydrogens is 200 g/mol. The molecule has 0 aliphatic carbocycles. The van der Waals surface area contributed by atoms with Gasteiger partial charge in [0, 0.05) is 0 Å². The number of rotatable bonds is 1. The van der Waals surface area contributed by atoms with Crippen LogP contribution in [0.3, 0.4) is 0 Å². The standard InChI is InChI=1S/C14H14O2/c1-9-3-5-12(15)8-13(9)11-4-6-14(16)10(2)7-11/h3-8,15-16H,1-2H3. The van der Waals surface area contributed by atoms with Gasteiger partial charge in [0.05, 0.1) is 0 Å². The van der Waals surface area contributed by atoms with Gasteiger partial charge in [0.15, 0.2) is 0 Å². The summed E-state index contributed by atoms with van der Waals surface area (Å²) in [4.78, 5) is 0. The van der Waals surface area contributed by atoms with Gasteiger partial charge < -0.3 is 10.2 Å². The lowest BCUT2D eigenvalue weighted by Gasteiger charge is -2.08. The first-order valence-electron chi connectivity index (χ1n) is 5.17. The molecular formula is C14H14O2. The van der Waals surface area contributed by atoms with E-state index >= 15 is 0 Å². The van der Waals surface area contributed by atoms with E-state index in [4.69, 9.17) is 0 Å². The Bertz CT molecular complexity index is 530. The number of phenols is 2. The Morgan fingerprint density at radius 3 is 2.25 bits per heavy atom. The van der Waals surface area contributed by atoms with E-state index in [1.807, 2.05) is 32.0 Å². The third-order valence-electron chi connectivity index (χ3n) is 2.73. The second kappa shape index (κ2) is 3.89. The van der Waals surface area contributed by atoms with Crippen LogP contribution in [0.1, 0.15) is 11.1 Å². The number of phenolic OH excluding ortho intramolecular Hbond substituents is 2. The van der Waals surface area contributed by atoms with Crippen molar-refractivity contribution in [2.24, 2.45) is 0 Å². The number of benzene rings is 2. The highest BCUT2D eigenvalue weighted by molar-refractivity contribution is 5.70. The molecule has 0 amide bonds. The Kier molecular flexibility index (Phi) is 2.57. The fraction of sp³-hybridized carbons (Fsp3) is 0.143. The molecule has 2 heteroatoms. The highest BCUT2D eigenvalue weighted by Gasteiger charge is 2.05. The Balaban J connectivity index is 2.58. The first kappa shape index (κ1) is 10.6. The first-order chi connectivity index (χ1) is 7.58. The minimum absolute atomic E-state index is 0.256. The summed E-state index contributed by atoms with van der Waals surface area (Å²) in [6.07, 6.45) is 0. The average molecular weight is 214 g/mol. The zero-order valence-electron chi connectivity index (χ0n) is 9.36. The summed E-state index contributed by atoms with van der Waals surface area (Å²) >= 11 is 0. The number of hydrogen-bond acceptors (Lipinski definition) is 2. The molecule has 0 bridgehead atoms. The van der Waals surface area contributed by atoms with Crippen LogP contribution < -0.4 is 0 Å². The molecule has 0 saturated carbocycles. The van der Waals surface area contributed by atoms with Gasteiger partial charge in [-0.2, -0.15) is 0 Å². The zero-order valence-corrected chi connectivity index (χ0v) is 9.36. The second-order valence-electron chi connectivity index (χ2n) is 4.00. The van der Waals surface area contributed by atoms with E-state index in [-0.39, 0.29) is 5.75 Å². The van der Waals surface area contributed by atoms with Crippen molar-refractivity contribution in [1.82, 2.24) is 0 Å². The van der Waals surface area contributed by atoms with E-state index in [9.17, 15) is 10.2 Å². The quantitative estimate of drug-likeness (QED) is 0.764. The van der Waals surface area contributed by atoms with Crippen LogP contribution in [-0.4, -0.2) is 10.2 Å². The first-order valence-corrected chi connectivity index (χ1v) is 5.17. The molecule has 0 saturated heterocycles. The minimum Gasteiger partial charge on any atom is -0.508 e. The molecule has 2 aromatic carbocycles. The lowest BCUT2D eigenvalue weighted by Crippen LogP contribution is -1.84. The van der Waals surface area contributed by atoms with Crippen LogP contribution in [-0.2, 0) is 0 Å². The molecule has 0 spiro atoms. The Hall–Kier alpha value is -1.96. The molecule has 2 N–H and O–H groups in total. The molecule has 0 unspecified atom stereocenters. The molecule has 0 atom stereocenters. The van der Waals surface area contributed by atoms with Crippen molar-refractivity contribution in [2.75, 3.05) is 0 Å². The van der Waals surface area contributed by atoms with Gasteiger partial charge >= 0.3 is 0 Å².